The largest absolute Gasteiger partial charge is 0.504 e. The molecule has 170 valence electrons. The van der Waals surface area contributed by atoms with Crippen LogP contribution >= 0.6 is 0 Å². The highest BCUT2D eigenvalue weighted by atomic mass is 32.2. The van der Waals surface area contributed by atoms with E-state index in [2.05, 4.69) is 0 Å². The summed E-state index contributed by atoms with van der Waals surface area (Å²) >= 11 is -2.82. The Kier molecular flexibility index (Phi) is 7.07. The number of benzene rings is 1. The molecule has 4 atom stereocenters. The van der Waals surface area contributed by atoms with Crippen molar-refractivity contribution in [3.63, 3.8) is 0 Å². The van der Waals surface area contributed by atoms with Crippen molar-refractivity contribution in [1.82, 2.24) is 15.8 Å². The fourth-order valence-electron chi connectivity index (χ4n) is 2.98. The number of ether oxygens (including phenoxy) is 1. The number of hydrazine groups is 1. The second kappa shape index (κ2) is 9.18. The Bertz CT molecular complexity index is 939. The van der Waals surface area contributed by atoms with Gasteiger partial charge >= 0.3 is 12.1 Å². The van der Waals surface area contributed by atoms with E-state index in [1.165, 1.54) is 0 Å². The number of phenols is 2. The SMILES string of the molecule is C[C@@H]1CC(=O)N1[C@@H](C(=O)O)[C@](C)(COC(=O)NNC(=O)c1ccc(O)c(O)c1)S(=O)O. The Morgan fingerprint density at radius 1 is 1.29 bits per heavy atom. The van der Waals surface area contributed by atoms with E-state index in [0.29, 0.717) is 0 Å². The molecule has 31 heavy (non-hydrogen) atoms. The minimum Gasteiger partial charge on any atom is -0.504 e. The van der Waals surface area contributed by atoms with Crippen LogP contribution in [0.4, 0.5) is 4.79 Å². The molecular formula is C17H21N3O10S. The first kappa shape index (κ1) is 23.9. The van der Waals surface area contributed by atoms with Crippen LogP contribution in [0.2, 0.25) is 0 Å². The zero-order valence-corrected chi connectivity index (χ0v) is 17.2. The number of likely N-dealkylation sites (tertiary alicyclic amines) is 1. The molecule has 13 nitrogen and oxygen atoms in total. The minimum absolute atomic E-state index is 0.0815. The monoisotopic (exact) mass is 459 g/mol. The van der Waals surface area contributed by atoms with Crippen molar-refractivity contribution in [2.45, 2.75) is 37.1 Å². The fourth-order valence-corrected chi connectivity index (χ4v) is 3.54. The van der Waals surface area contributed by atoms with Gasteiger partial charge in [-0.1, -0.05) is 0 Å². The average molecular weight is 459 g/mol. The van der Waals surface area contributed by atoms with Crippen LogP contribution in [0.5, 0.6) is 11.5 Å². The average Bonchev–Trinajstić information content (AvgIpc) is 2.69. The number of amides is 3. The summed E-state index contributed by atoms with van der Waals surface area (Å²) in [5.41, 5.74) is 3.69. The third-order valence-corrected chi connectivity index (χ3v) is 5.87. The van der Waals surface area contributed by atoms with Crippen LogP contribution in [-0.4, -0.2) is 76.3 Å². The summed E-state index contributed by atoms with van der Waals surface area (Å²) < 4.78 is 24.4. The standard InChI is InChI=1S/C17H21N3O10S/c1-8-5-12(23)20(8)13(15(25)26)17(2,31(28)29)7-30-16(27)19-18-14(24)9-3-4-10(21)11(22)6-9/h3-4,6,8,13,21-22H,5,7H2,1-2H3,(H,18,24)(H,19,27)(H,25,26)(H,28,29)/t8-,13+,17+/m1/s1. The highest BCUT2D eigenvalue weighted by molar-refractivity contribution is 7.80. The number of rotatable bonds is 7. The van der Waals surface area contributed by atoms with Gasteiger partial charge in [0.05, 0.1) is 0 Å². The molecular weight excluding hydrogens is 438 g/mol. The molecule has 0 spiro atoms. The number of aromatic hydroxyl groups is 2. The van der Waals surface area contributed by atoms with Gasteiger partial charge in [0.25, 0.3) is 5.91 Å². The molecule has 0 aliphatic carbocycles. The van der Waals surface area contributed by atoms with E-state index in [4.69, 9.17) is 4.74 Å². The number of carbonyl (C=O) groups excluding carboxylic acids is 3. The molecule has 1 fully saturated rings. The van der Waals surface area contributed by atoms with Gasteiger partial charge in [-0.05, 0) is 32.0 Å². The molecule has 14 heteroatoms. The van der Waals surface area contributed by atoms with Crippen molar-refractivity contribution in [1.29, 1.82) is 0 Å². The molecule has 1 aromatic rings. The number of nitrogens with one attached hydrogen (secondary N) is 2. The lowest BCUT2D eigenvalue weighted by molar-refractivity contribution is -0.163. The Morgan fingerprint density at radius 3 is 2.42 bits per heavy atom. The third-order valence-electron chi connectivity index (χ3n) is 4.73. The first-order chi connectivity index (χ1) is 14.4. The summed E-state index contributed by atoms with van der Waals surface area (Å²) in [6, 6.07) is 0.927. The molecule has 1 aliphatic rings. The molecule has 1 heterocycles. The smallest absolute Gasteiger partial charge is 0.426 e. The predicted octanol–water partition coefficient (Wildman–Crippen LogP) is -0.477. The number of carboxylic acid groups (broad SMARTS) is 1. The first-order valence-corrected chi connectivity index (χ1v) is 9.89. The predicted molar refractivity (Wildman–Crippen MR) is 103 cm³/mol. The fraction of sp³-hybridized carbons (Fsp3) is 0.412. The maximum atomic E-state index is 11.9. The van der Waals surface area contributed by atoms with Gasteiger partial charge in [0.1, 0.15) is 11.4 Å². The number of β-lactam (4-membered cyclic amide) rings is 1. The molecule has 2 rings (SSSR count). The lowest BCUT2D eigenvalue weighted by Crippen LogP contribution is -2.68. The van der Waals surface area contributed by atoms with Gasteiger partial charge in [-0.15, -0.1) is 0 Å². The summed E-state index contributed by atoms with van der Waals surface area (Å²) in [6.45, 7) is 1.78. The molecule has 1 aromatic carbocycles. The van der Waals surface area contributed by atoms with E-state index in [9.17, 15) is 43.3 Å². The van der Waals surface area contributed by atoms with Gasteiger partial charge < -0.3 is 29.5 Å². The summed E-state index contributed by atoms with van der Waals surface area (Å²) in [5.74, 6) is -3.97. The number of phenolic OH excluding ortho intramolecular Hbond substituents is 2. The van der Waals surface area contributed by atoms with Crippen LogP contribution < -0.4 is 10.9 Å². The van der Waals surface area contributed by atoms with Gasteiger partial charge in [-0.25, -0.2) is 19.2 Å². The maximum Gasteiger partial charge on any atom is 0.426 e. The van der Waals surface area contributed by atoms with Crippen LogP contribution in [0.3, 0.4) is 0 Å². The highest BCUT2D eigenvalue weighted by Crippen LogP contribution is 2.31. The topological polar surface area (TPSA) is 203 Å². The van der Waals surface area contributed by atoms with Crippen molar-refractivity contribution in [3.05, 3.63) is 23.8 Å². The van der Waals surface area contributed by atoms with Crippen molar-refractivity contribution < 1.29 is 48.0 Å². The van der Waals surface area contributed by atoms with E-state index in [-0.39, 0.29) is 12.0 Å². The second-order valence-corrected chi connectivity index (χ2v) is 8.45. The number of aliphatic carboxylic acids is 1. The van der Waals surface area contributed by atoms with Crippen LogP contribution in [0.1, 0.15) is 30.6 Å². The van der Waals surface area contributed by atoms with E-state index in [1.54, 1.807) is 6.92 Å². The molecule has 1 aliphatic heterocycles. The zero-order chi connectivity index (χ0) is 23.5. The van der Waals surface area contributed by atoms with Gasteiger partial charge in [-0.3, -0.25) is 15.0 Å². The van der Waals surface area contributed by atoms with Crippen molar-refractivity contribution in [3.8, 4) is 11.5 Å². The van der Waals surface area contributed by atoms with E-state index >= 15 is 0 Å². The summed E-state index contributed by atoms with van der Waals surface area (Å²) in [4.78, 5) is 48.4. The van der Waals surface area contributed by atoms with Gasteiger partial charge in [0.2, 0.25) is 5.91 Å². The lowest BCUT2D eigenvalue weighted by atomic mass is 9.92. The molecule has 0 bridgehead atoms. The maximum absolute atomic E-state index is 11.9. The molecule has 1 saturated heterocycles. The number of carbonyl (C=O) groups is 4. The van der Waals surface area contributed by atoms with Gasteiger partial charge in [0, 0.05) is 18.0 Å². The molecule has 1 unspecified atom stereocenters. The van der Waals surface area contributed by atoms with E-state index in [0.717, 1.165) is 30.0 Å². The number of hydrogen-bond acceptors (Lipinski definition) is 8. The van der Waals surface area contributed by atoms with Crippen molar-refractivity contribution in [2.75, 3.05) is 6.61 Å². The molecule has 0 saturated carbocycles. The summed E-state index contributed by atoms with van der Waals surface area (Å²) in [6.07, 6.45) is -1.20. The highest BCUT2D eigenvalue weighted by Gasteiger charge is 2.54. The molecule has 3 amide bonds. The Morgan fingerprint density at radius 2 is 1.94 bits per heavy atom. The summed E-state index contributed by atoms with van der Waals surface area (Å²) in [7, 11) is 0. The van der Waals surface area contributed by atoms with Crippen LogP contribution in [0.15, 0.2) is 18.2 Å². The Labute approximate surface area is 178 Å². The van der Waals surface area contributed by atoms with E-state index < -0.39 is 69.9 Å². The minimum atomic E-state index is -2.82. The van der Waals surface area contributed by atoms with Crippen LogP contribution in [0.25, 0.3) is 0 Å². The second-order valence-electron chi connectivity index (χ2n) is 7.02. The Balaban J connectivity index is 2.03. The molecule has 0 radical (unpaired) electrons. The van der Waals surface area contributed by atoms with Crippen molar-refractivity contribution >= 4 is 35.0 Å². The van der Waals surface area contributed by atoms with Crippen molar-refractivity contribution in [2.24, 2.45) is 0 Å². The quantitative estimate of drug-likeness (QED) is 0.134. The lowest BCUT2D eigenvalue weighted by Gasteiger charge is -2.47. The number of nitrogens with zero attached hydrogens (tertiary/aromatic N) is 1. The zero-order valence-electron chi connectivity index (χ0n) is 16.4. The van der Waals surface area contributed by atoms with E-state index in [1.807, 2.05) is 10.9 Å². The third kappa shape index (κ3) is 5.03. The van der Waals surface area contributed by atoms with Gasteiger partial charge in [-0.2, -0.15) is 0 Å². The van der Waals surface area contributed by atoms with Gasteiger partial charge in [0.15, 0.2) is 28.6 Å². The van der Waals surface area contributed by atoms with Crippen LogP contribution in [-0.2, 0) is 25.4 Å². The molecule has 0 aromatic heterocycles. The molecule has 6 N–H and O–H groups in total. The number of carboxylic acids is 1. The number of hydrogen-bond donors (Lipinski definition) is 6. The summed E-state index contributed by atoms with van der Waals surface area (Å²) in [5, 5.41) is 28.2. The Hall–Kier alpha value is -3.39. The normalized spacial score (nSPS) is 19.4. The van der Waals surface area contributed by atoms with Crippen LogP contribution in [0, 0.1) is 0 Å². The first-order valence-electron chi connectivity index (χ1n) is 8.78.